The Balaban J connectivity index is 2.17. The number of halogens is 2. The maximum atomic E-state index is 11.7. The Hall–Kier alpha value is -2.42. The van der Waals surface area contributed by atoms with Crippen LogP contribution in [0.4, 0.5) is 0 Å². The summed E-state index contributed by atoms with van der Waals surface area (Å²) in [5.41, 5.74) is 1.36. The second-order valence-corrected chi connectivity index (χ2v) is 7.55. The molecule has 1 amide bonds. The van der Waals surface area contributed by atoms with Gasteiger partial charge in [-0.2, -0.15) is 0 Å². The highest BCUT2D eigenvalue weighted by Gasteiger charge is 2.21. The molecule has 0 atom stereocenters. The van der Waals surface area contributed by atoms with E-state index < -0.39 is 0 Å². The lowest BCUT2D eigenvalue weighted by atomic mass is 10.2. The van der Waals surface area contributed by atoms with Gasteiger partial charge in [0.1, 0.15) is 11.5 Å². The Morgan fingerprint density at radius 3 is 2.48 bits per heavy atom. The van der Waals surface area contributed by atoms with E-state index in [0.29, 0.717) is 43.8 Å². The molecule has 1 N–H and O–H groups in total. The summed E-state index contributed by atoms with van der Waals surface area (Å²) in [6.07, 6.45) is 0. The summed E-state index contributed by atoms with van der Waals surface area (Å²) in [6.45, 7) is 0. The summed E-state index contributed by atoms with van der Waals surface area (Å²) in [5, 5.41) is 12.7. The Labute approximate surface area is 182 Å². The molecule has 0 saturated carbocycles. The summed E-state index contributed by atoms with van der Waals surface area (Å²) in [4.78, 5) is 11.7. The van der Waals surface area contributed by atoms with Crippen molar-refractivity contribution in [1.82, 2.24) is 20.1 Å². The molecule has 0 unspecified atom stereocenters. The first kappa shape index (κ1) is 21.3. The molecular formula is C19H18Cl2N4O3S. The first-order valence-corrected chi connectivity index (χ1v) is 10.2. The third-order valence-corrected chi connectivity index (χ3v) is 5.50. The number of carbonyl (C=O) groups excluding carboxylic acids is 1. The van der Waals surface area contributed by atoms with Crippen LogP contribution in [0.25, 0.3) is 17.1 Å². The van der Waals surface area contributed by atoms with Crippen LogP contribution in [-0.2, 0) is 4.79 Å². The predicted octanol–water partition coefficient (Wildman–Crippen LogP) is 4.10. The highest BCUT2D eigenvalue weighted by atomic mass is 35.5. The number of aromatic nitrogens is 3. The minimum Gasteiger partial charge on any atom is -0.496 e. The molecule has 0 aliphatic rings. The van der Waals surface area contributed by atoms with Crippen LogP contribution in [0, 0.1) is 0 Å². The average Bonchev–Trinajstić information content (AvgIpc) is 3.15. The number of nitrogens with zero attached hydrogens (tertiary/aromatic N) is 3. The number of carbonyl (C=O) groups is 1. The highest BCUT2D eigenvalue weighted by molar-refractivity contribution is 7.99. The monoisotopic (exact) mass is 452 g/mol. The third kappa shape index (κ3) is 4.60. The number of benzene rings is 2. The first-order valence-electron chi connectivity index (χ1n) is 8.45. The molecule has 0 bridgehead atoms. The predicted molar refractivity (Wildman–Crippen MR) is 115 cm³/mol. The first-order chi connectivity index (χ1) is 14.0. The fraction of sp³-hybridized carbons (Fsp3) is 0.211. The molecule has 3 aromatic rings. The van der Waals surface area contributed by atoms with Crippen molar-refractivity contribution < 1.29 is 14.3 Å². The van der Waals surface area contributed by atoms with Gasteiger partial charge in [-0.1, -0.05) is 35.0 Å². The zero-order chi connectivity index (χ0) is 21.0. The Morgan fingerprint density at radius 1 is 1.10 bits per heavy atom. The number of thioether (sulfide) groups is 1. The molecule has 3 rings (SSSR count). The SMILES string of the molecule is CNC(=O)CSc1nnc(-c2cc(Cl)ccc2OC)n1-c1ccc(OC)c(Cl)c1. The molecule has 1 aromatic heterocycles. The molecular weight excluding hydrogens is 435 g/mol. The van der Waals surface area contributed by atoms with Gasteiger partial charge in [0.25, 0.3) is 0 Å². The van der Waals surface area contributed by atoms with Crippen molar-refractivity contribution in [3.05, 3.63) is 46.4 Å². The number of nitrogens with one attached hydrogen (secondary N) is 1. The molecule has 0 spiro atoms. The van der Waals surface area contributed by atoms with Gasteiger partial charge in [0.15, 0.2) is 11.0 Å². The Morgan fingerprint density at radius 2 is 1.83 bits per heavy atom. The topological polar surface area (TPSA) is 78.3 Å². The number of hydrogen-bond donors (Lipinski definition) is 1. The Bertz CT molecular complexity index is 1040. The van der Waals surface area contributed by atoms with Crippen molar-refractivity contribution in [1.29, 1.82) is 0 Å². The van der Waals surface area contributed by atoms with Crippen molar-refractivity contribution >= 4 is 40.9 Å². The van der Waals surface area contributed by atoms with Gasteiger partial charge >= 0.3 is 0 Å². The second-order valence-electron chi connectivity index (χ2n) is 5.77. The fourth-order valence-corrected chi connectivity index (χ4v) is 3.87. The van der Waals surface area contributed by atoms with Gasteiger partial charge in [-0.05, 0) is 36.4 Å². The fourth-order valence-electron chi connectivity index (χ4n) is 2.62. The standard InChI is InChI=1S/C19H18Cl2N4O3S/c1-22-17(26)10-29-19-24-23-18(13-8-11(20)4-6-15(13)27-2)25(19)12-5-7-16(28-3)14(21)9-12/h4-9H,10H2,1-3H3,(H,22,26). The van der Waals surface area contributed by atoms with E-state index in [1.807, 2.05) is 6.07 Å². The summed E-state index contributed by atoms with van der Waals surface area (Å²) < 4.78 is 12.5. The van der Waals surface area contributed by atoms with E-state index >= 15 is 0 Å². The van der Waals surface area contributed by atoms with Crippen LogP contribution in [0.1, 0.15) is 0 Å². The molecule has 10 heteroatoms. The average molecular weight is 453 g/mol. The van der Waals surface area contributed by atoms with Crippen molar-refractivity contribution in [2.45, 2.75) is 5.16 Å². The minimum atomic E-state index is -0.126. The van der Waals surface area contributed by atoms with E-state index in [9.17, 15) is 4.79 Å². The Kier molecular flexibility index (Phi) is 6.89. The lowest BCUT2D eigenvalue weighted by molar-refractivity contribution is -0.118. The smallest absolute Gasteiger partial charge is 0.230 e. The van der Waals surface area contributed by atoms with Crippen LogP contribution in [0.2, 0.25) is 10.0 Å². The van der Waals surface area contributed by atoms with Gasteiger partial charge in [0.05, 0.1) is 36.2 Å². The van der Waals surface area contributed by atoms with Crippen molar-refractivity contribution in [2.75, 3.05) is 27.0 Å². The maximum absolute atomic E-state index is 11.7. The molecule has 0 fully saturated rings. The van der Waals surface area contributed by atoms with Gasteiger partial charge in [0, 0.05) is 12.1 Å². The zero-order valence-corrected chi connectivity index (χ0v) is 18.2. The summed E-state index contributed by atoms with van der Waals surface area (Å²) >= 11 is 13.8. The van der Waals surface area contributed by atoms with Crippen LogP contribution in [-0.4, -0.2) is 47.7 Å². The summed E-state index contributed by atoms with van der Waals surface area (Å²) in [7, 11) is 4.70. The van der Waals surface area contributed by atoms with Gasteiger partial charge < -0.3 is 14.8 Å². The van der Waals surface area contributed by atoms with Crippen LogP contribution in [0.5, 0.6) is 11.5 Å². The van der Waals surface area contributed by atoms with Gasteiger partial charge in [-0.3, -0.25) is 9.36 Å². The van der Waals surface area contributed by atoms with Crippen LogP contribution in [0.15, 0.2) is 41.6 Å². The maximum Gasteiger partial charge on any atom is 0.230 e. The van der Waals surface area contributed by atoms with Crippen molar-refractivity contribution in [3.63, 3.8) is 0 Å². The summed E-state index contributed by atoms with van der Waals surface area (Å²) in [5.74, 6) is 1.70. The lowest BCUT2D eigenvalue weighted by Gasteiger charge is -2.14. The van der Waals surface area contributed by atoms with E-state index in [0.717, 1.165) is 0 Å². The number of amides is 1. The van der Waals surface area contributed by atoms with E-state index in [1.165, 1.54) is 11.8 Å². The van der Waals surface area contributed by atoms with Crippen LogP contribution >= 0.6 is 35.0 Å². The molecule has 152 valence electrons. The van der Waals surface area contributed by atoms with E-state index in [2.05, 4.69) is 15.5 Å². The van der Waals surface area contributed by atoms with E-state index in [-0.39, 0.29) is 11.7 Å². The molecule has 2 aromatic carbocycles. The second kappa shape index (κ2) is 9.39. The third-order valence-electron chi connectivity index (χ3n) is 4.04. The highest BCUT2D eigenvalue weighted by Crippen LogP contribution is 2.36. The number of hydrogen-bond acceptors (Lipinski definition) is 6. The van der Waals surface area contributed by atoms with Gasteiger partial charge in [0.2, 0.25) is 5.91 Å². The minimum absolute atomic E-state index is 0.126. The molecule has 0 saturated heterocycles. The number of methoxy groups -OCH3 is 2. The molecule has 7 nitrogen and oxygen atoms in total. The number of rotatable bonds is 7. The van der Waals surface area contributed by atoms with Crippen LogP contribution < -0.4 is 14.8 Å². The van der Waals surface area contributed by atoms with Crippen molar-refractivity contribution in [2.24, 2.45) is 0 Å². The molecule has 29 heavy (non-hydrogen) atoms. The molecule has 1 heterocycles. The van der Waals surface area contributed by atoms with Crippen molar-refractivity contribution in [3.8, 4) is 28.6 Å². The lowest BCUT2D eigenvalue weighted by Crippen LogP contribution is -2.20. The zero-order valence-electron chi connectivity index (χ0n) is 15.9. The normalized spacial score (nSPS) is 10.7. The van der Waals surface area contributed by atoms with Gasteiger partial charge in [-0.25, -0.2) is 0 Å². The molecule has 0 radical (unpaired) electrons. The molecule has 0 aliphatic heterocycles. The molecule has 0 aliphatic carbocycles. The summed E-state index contributed by atoms with van der Waals surface area (Å²) in [6, 6.07) is 10.6. The number of ether oxygens (including phenoxy) is 2. The quantitative estimate of drug-likeness (QED) is 0.543. The van der Waals surface area contributed by atoms with E-state index in [4.69, 9.17) is 32.7 Å². The van der Waals surface area contributed by atoms with Crippen LogP contribution in [0.3, 0.4) is 0 Å². The van der Waals surface area contributed by atoms with Gasteiger partial charge in [-0.15, -0.1) is 10.2 Å². The van der Waals surface area contributed by atoms with E-state index in [1.54, 1.807) is 56.2 Å². The largest absolute Gasteiger partial charge is 0.496 e.